The molecule has 0 aliphatic carbocycles. The van der Waals surface area contributed by atoms with E-state index in [1.807, 2.05) is 18.2 Å². The Morgan fingerprint density at radius 1 is 1.47 bits per heavy atom. The molecule has 0 aliphatic rings. The molecule has 0 bridgehead atoms. The molecular weight excluding hydrogens is 232 g/mol. The summed E-state index contributed by atoms with van der Waals surface area (Å²) in [5.74, 6) is 2.25. The molecule has 0 unspecified atom stereocenters. The zero-order valence-electron chi connectivity index (χ0n) is 10.6. The lowest BCUT2D eigenvalue weighted by atomic mass is 10.2. The fraction of sp³-hybridized carbons (Fsp3) is 0.462. The van der Waals surface area contributed by atoms with Crippen LogP contribution >= 0.6 is 11.8 Å². The lowest BCUT2D eigenvalue weighted by molar-refractivity contribution is 0.414. The molecule has 0 fully saturated rings. The Bertz CT molecular complexity index is 377. The highest BCUT2D eigenvalue weighted by molar-refractivity contribution is 8.13. The molecule has 0 saturated heterocycles. The highest BCUT2D eigenvalue weighted by Gasteiger charge is 1.99. The Balaban J connectivity index is 2.46. The molecule has 4 heteroatoms. The molecule has 0 amide bonds. The van der Waals surface area contributed by atoms with E-state index in [9.17, 15) is 0 Å². The van der Waals surface area contributed by atoms with Crippen molar-refractivity contribution in [2.75, 3.05) is 13.7 Å². The Morgan fingerprint density at radius 2 is 2.24 bits per heavy atom. The number of rotatable bonds is 5. The normalized spacial score (nSPS) is 11.9. The summed E-state index contributed by atoms with van der Waals surface area (Å²) in [5.41, 5.74) is 7.01. The minimum absolute atomic E-state index is 0.547. The van der Waals surface area contributed by atoms with Crippen LogP contribution in [0.25, 0.3) is 0 Å². The summed E-state index contributed by atoms with van der Waals surface area (Å²) in [6, 6.07) is 7.99. The Labute approximate surface area is 107 Å². The molecule has 1 aromatic carbocycles. The summed E-state index contributed by atoms with van der Waals surface area (Å²) in [5, 5.41) is 0.654. The molecule has 1 rings (SSSR count). The minimum Gasteiger partial charge on any atom is -0.497 e. The van der Waals surface area contributed by atoms with Crippen LogP contribution in [-0.4, -0.2) is 18.8 Å². The summed E-state index contributed by atoms with van der Waals surface area (Å²) in [6.45, 7) is 5.05. The van der Waals surface area contributed by atoms with E-state index in [0.29, 0.717) is 11.1 Å². The largest absolute Gasteiger partial charge is 0.497 e. The predicted octanol–water partition coefficient (Wildman–Crippen LogP) is 2.90. The van der Waals surface area contributed by atoms with E-state index in [-0.39, 0.29) is 0 Å². The molecule has 0 aromatic heterocycles. The third-order valence-corrected chi connectivity index (χ3v) is 3.04. The van der Waals surface area contributed by atoms with Crippen molar-refractivity contribution in [2.24, 2.45) is 16.6 Å². The van der Waals surface area contributed by atoms with E-state index in [1.165, 1.54) is 5.56 Å². The molecule has 1 aromatic rings. The fourth-order valence-corrected chi connectivity index (χ4v) is 1.90. The van der Waals surface area contributed by atoms with E-state index in [1.54, 1.807) is 18.9 Å². The lowest BCUT2D eigenvalue weighted by Gasteiger charge is -2.05. The van der Waals surface area contributed by atoms with Crippen LogP contribution < -0.4 is 10.5 Å². The molecule has 0 radical (unpaired) electrons. The van der Waals surface area contributed by atoms with E-state index in [2.05, 4.69) is 24.9 Å². The summed E-state index contributed by atoms with van der Waals surface area (Å²) in [4.78, 5) is 4.31. The highest BCUT2D eigenvalue weighted by atomic mass is 32.2. The number of hydrogen-bond donors (Lipinski definition) is 1. The number of amidine groups is 1. The van der Waals surface area contributed by atoms with Gasteiger partial charge >= 0.3 is 0 Å². The molecule has 94 valence electrons. The first-order valence-corrected chi connectivity index (χ1v) is 6.66. The van der Waals surface area contributed by atoms with Crippen LogP contribution in [0, 0.1) is 5.92 Å². The van der Waals surface area contributed by atoms with Crippen molar-refractivity contribution in [3.8, 4) is 5.75 Å². The van der Waals surface area contributed by atoms with Gasteiger partial charge in [0, 0.05) is 12.3 Å². The Kier molecular flexibility index (Phi) is 5.91. The Morgan fingerprint density at radius 3 is 2.88 bits per heavy atom. The number of hydrogen-bond acceptors (Lipinski definition) is 3. The first-order valence-electron chi connectivity index (χ1n) is 5.67. The summed E-state index contributed by atoms with van der Waals surface area (Å²) in [6.07, 6.45) is 0. The van der Waals surface area contributed by atoms with E-state index < -0.39 is 0 Å². The lowest BCUT2D eigenvalue weighted by Crippen LogP contribution is -2.09. The number of methoxy groups -OCH3 is 1. The van der Waals surface area contributed by atoms with Gasteiger partial charge in [0.05, 0.1) is 7.11 Å². The SMILES string of the molecule is COc1cccc(CSC(N)=NCC(C)C)c1. The minimum atomic E-state index is 0.547. The molecular formula is C13H20N2OS. The zero-order valence-corrected chi connectivity index (χ0v) is 11.5. The van der Waals surface area contributed by atoms with Gasteiger partial charge in [0.25, 0.3) is 0 Å². The van der Waals surface area contributed by atoms with Crippen molar-refractivity contribution in [3.63, 3.8) is 0 Å². The predicted molar refractivity (Wildman–Crippen MR) is 75.6 cm³/mol. The molecule has 3 nitrogen and oxygen atoms in total. The van der Waals surface area contributed by atoms with Gasteiger partial charge in [-0.15, -0.1) is 0 Å². The van der Waals surface area contributed by atoms with Crippen LogP contribution in [0.5, 0.6) is 5.75 Å². The van der Waals surface area contributed by atoms with Gasteiger partial charge < -0.3 is 10.5 Å². The first-order chi connectivity index (χ1) is 8.11. The van der Waals surface area contributed by atoms with Crippen molar-refractivity contribution in [1.29, 1.82) is 0 Å². The van der Waals surface area contributed by atoms with Crippen molar-refractivity contribution in [3.05, 3.63) is 29.8 Å². The van der Waals surface area contributed by atoms with Crippen molar-refractivity contribution in [2.45, 2.75) is 19.6 Å². The number of aliphatic imine (C=N–C) groups is 1. The molecule has 17 heavy (non-hydrogen) atoms. The van der Waals surface area contributed by atoms with Crippen LogP contribution in [-0.2, 0) is 5.75 Å². The second-order valence-electron chi connectivity index (χ2n) is 4.21. The van der Waals surface area contributed by atoms with Gasteiger partial charge in [-0.2, -0.15) is 0 Å². The van der Waals surface area contributed by atoms with Crippen LogP contribution in [0.3, 0.4) is 0 Å². The standard InChI is InChI=1S/C13H20N2OS/c1-10(2)8-15-13(14)17-9-11-5-4-6-12(7-11)16-3/h4-7,10H,8-9H2,1-3H3,(H2,14,15). The molecule has 0 aliphatic heterocycles. The molecule has 0 saturated carbocycles. The summed E-state index contributed by atoms with van der Waals surface area (Å²) < 4.78 is 5.17. The highest BCUT2D eigenvalue weighted by Crippen LogP contribution is 2.17. The van der Waals surface area contributed by atoms with Gasteiger partial charge in [0.2, 0.25) is 0 Å². The maximum atomic E-state index is 5.82. The van der Waals surface area contributed by atoms with Gasteiger partial charge in [0.15, 0.2) is 5.17 Å². The van der Waals surface area contributed by atoms with Crippen LogP contribution in [0.1, 0.15) is 19.4 Å². The average molecular weight is 252 g/mol. The number of thioether (sulfide) groups is 1. The second kappa shape index (κ2) is 7.22. The number of benzene rings is 1. The second-order valence-corrected chi connectivity index (χ2v) is 5.21. The van der Waals surface area contributed by atoms with Crippen molar-refractivity contribution in [1.82, 2.24) is 0 Å². The monoisotopic (exact) mass is 252 g/mol. The maximum Gasteiger partial charge on any atom is 0.154 e. The topological polar surface area (TPSA) is 47.6 Å². The molecule has 0 heterocycles. The number of ether oxygens (including phenoxy) is 1. The third kappa shape index (κ3) is 5.63. The van der Waals surface area contributed by atoms with Gasteiger partial charge in [-0.25, -0.2) is 0 Å². The number of nitrogens with two attached hydrogens (primary N) is 1. The molecule has 0 spiro atoms. The van der Waals surface area contributed by atoms with E-state index in [0.717, 1.165) is 18.0 Å². The maximum absolute atomic E-state index is 5.82. The van der Waals surface area contributed by atoms with Crippen LogP contribution in [0.4, 0.5) is 0 Å². The van der Waals surface area contributed by atoms with Crippen molar-refractivity contribution >= 4 is 16.9 Å². The summed E-state index contributed by atoms with van der Waals surface area (Å²) in [7, 11) is 1.67. The smallest absolute Gasteiger partial charge is 0.154 e. The van der Waals surface area contributed by atoms with Crippen LogP contribution in [0.15, 0.2) is 29.3 Å². The summed E-state index contributed by atoms with van der Waals surface area (Å²) >= 11 is 1.56. The fourth-order valence-electron chi connectivity index (χ4n) is 1.24. The van der Waals surface area contributed by atoms with Crippen molar-refractivity contribution < 1.29 is 4.74 Å². The van der Waals surface area contributed by atoms with Gasteiger partial charge in [-0.05, 0) is 23.6 Å². The number of nitrogens with zero attached hydrogens (tertiary/aromatic N) is 1. The Hall–Kier alpha value is -1.16. The van der Waals surface area contributed by atoms with Crippen LogP contribution in [0.2, 0.25) is 0 Å². The van der Waals surface area contributed by atoms with Gasteiger partial charge in [-0.1, -0.05) is 37.7 Å². The van der Waals surface area contributed by atoms with E-state index >= 15 is 0 Å². The van der Waals surface area contributed by atoms with Gasteiger partial charge in [0.1, 0.15) is 5.75 Å². The first kappa shape index (κ1) is 13.9. The van der Waals surface area contributed by atoms with E-state index in [4.69, 9.17) is 10.5 Å². The molecule has 0 atom stereocenters. The third-order valence-electron chi connectivity index (χ3n) is 2.13. The van der Waals surface area contributed by atoms with Gasteiger partial charge in [-0.3, -0.25) is 4.99 Å². The quantitative estimate of drug-likeness (QED) is 0.647. The molecule has 2 N–H and O–H groups in total. The zero-order chi connectivity index (χ0) is 12.7. The average Bonchev–Trinajstić information content (AvgIpc) is 2.34.